The number of nitrogens with zero attached hydrogens (tertiary/aromatic N) is 4. The summed E-state index contributed by atoms with van der Waals surface area (Å²) in [4.78, 5) is 57.7. The van der Waals surface area contributed by atoms with E-state index in [9.17, 15) is 23.2 Å². The van der Waals surface area contributed by atoms with Crippen LogP contribution in [0, 0.1) is 17.0 Å². The second-order valence-electron chi connectivity index (χ2n) is 12.8. The van der Waals surface area contributed by atoms with Crippen molar-refractivity contribution in [1.29, 1.82) is 0 Å². The first-order valence-electron chi connectivity index (χ1n) is 15.8. The third-order valence-electron chi connectivity index (χ3n) is 8.00. The maximum absolute atomic E-state index is 14.8. The Kier molecular flexibility index (Phi) is 10.4. The number of halogens is 2. The number of H-pyrrole nitrogens is 1. The number of hydrogen-bond acceptors (Lipinski definition) is 9. The van der Waals surface area contributed by atoms with Gasteiger partial charge < -0.3 is 31.0 Å². The van der Waals surface area contributed by atoms with Crippen LogP contribution >= 0.6 is 0 Å². The lowest BCUT2D eigenvalue weighted by atomic mass is 9.86. The van der Waals surface area contributed by atoms with Crippen molar-refractivity contribution in [3.63, 3.8) is 0 Å². The van der Waals surface area contributed by atoms with Crippen molar-refractivity contribution in [3.8, 4) is 11.4 Å². The molecule has 4 aromatic heterocycles. The molecule has 13 nitrogen and oxygen atoms in total. The van der Waals surface area contributed by atoms with Crippen LogP contribution in [0.4, 0.5) is 19.4 Å². The summed E-state index contributed by atoms with van der Waals surface area (Å²) in [5.74, 6) is -1.63. The van der Waals surface area contributed by atoms with Gasteiger partial charge in [0, 0.05) is 42.0 Å². The number of carbonyl (C=O) groups excluding carboxylic acids is 3. The number of ether oxygens (including phenoxy) is 1. The van der Waals surface area contributed by atoms with Crippen LogP contribution in [0.3, 0.4) is 0 Å². The molecular weight excluding hydrogens is 624 g/mol. The van der Waals surface area contributed by atoms with Crippen LogP contribution in [-0.4, -0.2) is 67.5 Å². The van der Waals surface area contributed by atoms with E-state index in [-0.39, 0.29) is 41.9 Å². The van der Waals surface area contributed by atoms with Gasteiger partial charge in [0.15, 0.2) is 17.5 Å². The Morgan fingerprint density at radius 2 is 1.88 bits per heavy atom. The lowest BCUT2D eigenvalue weighted by Gasteiger charge is -2.30. The summed E-state index contributed by atoms with van der Waals surface area (Å²) in [6, 6.07) is 3.28. The Morgan fingerprint density at radius 1 is 1.08 bits per heavy atom. The van der Waals surface area contributed by atoms with Crippen LogP contribution in [0.25, 0.3) is 22.4 Å². The molecule has 0 spiro atoms. The quantitative estimate of drug-likeness (QED) is 0.162. The topological polar surface area (TPSA) is 176 Å². The average molecular weight is 664 g/mol. The summed E-state index contributed by atoms with van der Waals surface area (Å²) in [7, 11) is 0. The highest BCUT2D eigenvalue weighted by Crippen LogP contribution is 2.28. The highest BCUT2D eigenvalue weighted by Gasteiger charge is 2.33. The van der Waals surface area contributed by atoms with E-state index in [4.69, 9.17) is 4.74 Å². The number of rotatable bonds is 10. The number of fused-ring (bicyclic) bond motifs is 1. The normalized spacial score (nSPS) is 17.0. The van der Waals surface area contributed by atoms with Crippen LogP contribution in [-0.2, 0) is 16.1 Å². The van der Waals surface area contributed by atoms with Gasteiger partial charge in [-0.25, -0.2) is 28.5 Å². The third-order valence-corrected chi connectivity index (χ3v) is 8.00. The number of aromatic nitrogens is 5. The molecule has 5 rings (SSSR count). The van der Waals surface area contributed by atoms with Gasteiger partial charge in [0.25, 0.3) is 5.91 Å². The van der Waals surface area contributed by atoms with Crippen molar-refractivity contribution in [1.82, 2.24) is 40.9 Å². The maximum atomic E-state index is 14.8. The minimum absolute atomic E-state index is 0.00825. The number of likely N-dealkylation sites (N-methyl/N-ethyl adjacent to an activating group) is 1. The standard InChI is InChI=1S/C33H39F2N9O4/c1-5-36-31(46)26(33(2,3)4)43-32(47)48-17-18-9-10-37-25(11-18)30(45)42-21-8-6-7-20(13-21)41-29-24(35)16-40-28(44-29)23-15-39-27-22(23)12-19(34)14-38-27/h9-12,14-16,20-21,26H,5-8,13,17H2,1-4H3,(H,36,46)(H,38,39)(H,42,45)(H,43,47)(H,40,41,44)/t20-,21+,26?/m1/s1. The Balaban J connectivity index is 1.17. The summed E-state index contributed by atoms with van der Waals surface area (Å²) in [6.45, 7) is 7.60. The first-order valence-corrected chi connectivity index (χ1v) is 15.8. The molecule has 3 atom stereocenters. The molecule has 1 aliphatic rings. The molecule has 1 aliphatic carbocycles. The number of anilines is 1. The fraction of sp³-hybridized carbons (Fsp3) is 0.424. The van der Waals surface area contributed by atoms with Gasteiger partial charge in [-0.2, -0.15) is 0 Å². The minimum atomic E-state index is -0.798. The molecule has 0 radical (unpaired) electrons. The van der Waals surface area contributed by atoms with Crippen molar-refractivity contribution >= 4 is 34.8 Å². The smallest absolute Gasteiger partial charge is 0.408 e. The number of alkyl carbamates (subject to hydrolysis) is 1. The van der Waals surface area contributed by atoms with Gasteiger partial charge in [0.2, 0.25) is 5.91 Å². The number of carbonyl (C=O) groups is 3. The van der Waals surface area contributed by atoms with Crippen LogP contribution in [0.5, 0.6) is 0 Å². The number of nitrogens with one attached hydrogen (secondary N) is 5. The number of aromatic amines is 1. The molecule has 1 fully saturated rings. The van der Waals surface area contributed by atoms with Crippen molar-refractivity contribution in [2.24, 2.45) is 5.41 Å². The fourth-order valence-electron chi connectivity index (χ4n) is 5.61. The van der Waals surface area contributed by atoms with Crippen molar-refractivity contribution in [3.05, 3.63) is 65.9 Å². The molecule has 1 unspecified atom stereocenters. The molecule has 0 saturated heterocycles. The second kappa shape index (κ2) is 14.7. The lowest BCUT2D eigenvalue weighted by molar-refractivity contribution is -0.125. The second-order valence-corrected chi connectivity index (χ2v) is 12.8. The molecule has 254 valence electrons. The summed E-state index contributed by atoms with van der Waals surface area (Å²) in [6.07, 6.45) is 7.20. The molecule has 0 aliphatic heterocycles. The Hall–Kier alpha value is -5.21. The average Bonchev–Trinajstić information content (AvgIpc) is 3.46. The van der Waals surface area contributed by atoms with E-state index in [1.807, 2.05) is 20.8 Å². The number of pyridine rings is 2. The van der Waals surface area contributed by atoms with E-state index >= 15 is 0 Å². The highest BCUT2D eigenvalue weighted by atomic mass is 19.1. The van der Waals surface area contributed by atoms with E-state index in [0.717, 1.165) is 31.7 Å². The van der Waals surface area contributed by atoms with Gasteiger partial charge in [-0.1, -0.05) is 20.8 Å². The van der Waals surface area contributed by atoms with E-state index in [0.29, 0.717) is 35.1 Å². The molecule has 0 aromatic carbocycles. The lowest BCUT2D eigenvalue weighted by Crippen LogP contribution is -2.53. The molecule has 3 amide bonds. The van der Waals surface area contributed by atoms with E-state index in [1.54, 1.807) is 19.2 Å². The highest BCUT2D eigenvalue weighted by molar-refractivity contribution is 5.93. The van der Waals surface area contributed by atoms with Crippen LogP contribution in [0.2, 0.25) is 0 Å². The Labute approximate surface area is 276 Å². The van der Waals surface area contributed by atoms with Crippen LogP contribution in [0.1, 0.15) is 69.4 Å². The Bertz CT molecular complexity index is 1790. The van der Waals surface area contributed by atoms with E-state index in [1.165, 1.54) is 18.3 Å². The van der Waals surface area contributed by atoms with E-state index in [2.05, 4.69) is 46.2 Å². The van der Waals surface area contributed by atoms with Gasteiger partial charge >= 0.3 is 6.09 Å². The van der Waals surface area contributed by atoms with Crippen molar-refractivity contribution < 1.29 is 27.9 Å². The van der Waals surface area contributed by atoms with Crippen molar-refractivity contribution in [2.75, 3.05) is 11.9 Å². The first-order chi connectivity index (χ1) is 22.9. The van der Waals surface area contributed by atoms with Gasteiger partial charge in [0.1, 0.15) is 29.8 Å². The third kappa shape index (κ3) is 8.38. The Morgan fingerprint density at radius 3 is 2.65 bits per heavy atom. The molecule has 5 N–H and O–H groups in total. The van der Waals surface area contributed by atoms with Crippen molar-refractivity contribution in [2.45, 2.75) is 78.1 Å². The minimum Gasteiger partial charge on any atom is -0.445 e. The fourth-order valence-corrected chi connectivity index (χ4v) is 5.61. The van der Waals surface area contributed by atoms with E-state index < -0.39 is 35.1 Å². The predicted octanol–water partition coefficient (Wildman–Crippen LogP) is 4.62. The zero-order chi connectivity index (χ0) is 34.4. The summed E-state index contributed by atoms with van der Waals surface area (Å²) in [5, 5.41) is 12.0. The van der Waals surface area contributed by atoms with Crippen LogP contribution < -0.4 is 21.3 Å². The predicted molar refractivity (Wildman–Crippen MR) is 174 cm³/mol. The summed E-state index contributed by atoms with van der Waals surface area (Å²) < 4.78 is 34.0. The molecular formula is C33H39F2N9O4. The number of amides is 3. The largest absolute Gasteiger partial charge is 0.445 e. The van der Waals surface area contributed by atoms with Gasteiger partial charge in [-0.15, -0.1) is 0 Å². The molecule has 0 bridgehead atoms. The monoisotopic (exact) mass is 663 g/mol. The SMILES string of the molecule is CCNC(=O)C(NC(=O)OCc1ccnc(C(=O)N[C@H]2CCC[C@@H](Nc3nc(-c4c[nH]c5ncc(F)cc45)ncc3F)C2)c1)C(C)(C)C. The zero-order valence-electron chi connectivity index (χ0n) is 27.2. The molecule has 4 heterocycles. The van der Waals surface area contributed by atoms with Gasteiger partial charge in [-0.05, 0) is 61.8 Å². The number of hydrogen-bond donors (Lipinski definition) is 5. The maximum Gasteiger partial charge on any atom is 0.408 e. The summed E-state index contributed by atoms with van der Waals surface area (Å²) >= 11 is 0. The first kappa shape index (κ1) is 34.1. The zero-order valence-corrected chi connectivity index (χ0v) is 27.2. The summed E-state index contributed by atoms with van der Waals surface area (Å²) in [5.41, 5.74) is 1.10. The molecule has 15 heteroatoms. The molecule has 48 heavy (non-hydrogen) atoms. The molecule has 4 aromatic rings. The molecule has 1 saturated carbocycles. The van der Waals surface area contributed by atoms with Gasteiger partial charge in [-0.3, -0.25) is 14.6 Å². The van der Waals surface area contributed by atoms with Gasteiger partial charge in [0.05, 0.1) is 12.4 Å². The van der Waals surface area contributed by atoms with Crippen LogP contribution in [0.15, 0.2) is 43.0 Å².